The van der Waals surface area contributed by atoms with E-state index in [0.717, 1.165) is 28.1 Å². The molecule has 1 aliphatic heterocycles. The first kappa shape index (κ1) is 14.6. The summed E-state index contributed by atoms with van der Waals surface area (Å²) in [5.74, 6) is 0.851. The third kappa shape index (κ3) is 2.84. The molecule has 1 N–H and O–H groups in total. The highest BCUT2D eigenvalue weighted by molar-refractivity contribution is 6.03. The standard InChI is InChI=1S/C19H21NO2/c1-12(2)22-15-9-7-14(8-10-15)11-17-16-6-4-5-13(3)18(16)20-19(17)21/h4-10,12,17H,11H2,1-3H3,(H,20,21). The maximum Gasteiger partial charge on any atom is 0.232 e. The summed E-state index contributed by atoms with van der Waals surface area (Å²) < 4.78 is 5.65. The van der Waals surface area contributed by atoms with Crippen LogP contribution in [0.2, 0.25) is 0 Å². The minimum absolute atomic E-state index is 0.0896. The third-order valence-electron chi connectivity index (χ3n) is 3.98. The van der Waals surface area contributed by atoms with Gasteiger partial charge in [0.25, 0.3) is 0 Å². The number of anilines is 1. The van der Waals surface area contributed by atoms with Crippen LogP contribution in [0.1, 0.15) is 36.5 Å². The molecule has 0 saturated carbocycles. The highest BCUT2D eigenvalue weighted by Gasteiger charge is 2.31. The van der Waals surface area contributed by atoms with Crippen LogP contribution in [-0.4, -0.2) is 12.0 Å². The lowest BCUT2D eigenvalue weighted by atomic mass is 9.92. The van der Waals surface area contributed by atoms with Crippen LogP contribution < -0.4 is 10.1 Å². The number of carbonyl (C=O) groups excluding carboxylic acids is 1. The predicted octanol–water partition coefficient (Wildman–Crippen LogP) is 4.06. The molecule has 3 heteroatoms. The lowest BCUT2D eigenvalue weighted by Crippen LogP contribution is -2.14. The van der Waals surface area contributed by atoms with Crippen LogP contribution in [0.15, 0.2) is 42.5 Å². The second kappa shape index (κ2) is 5.84. The number of benzene rings is 2. The zero-order chi connectivity index (χ0) is 15.7. The summed E-state index contributed by atoms with van der Waals surface area (Å²) >= 11 is 0. The van der Waals surface area contributed by atoms with Gasteiger partial charge in [-0.25, -0.2) is 0 Å². The number of para-hydroxylation sites is 1. The molecule has 22 heavy (non-hydrogen) atoms. The molecule has 0 saturated heterocycles. The van der Waals surface area contributed by atoms with E-state index in [1.807, 2.05) is 63.2 Å². The van der Waals surface area contributed by atoms with Crippen molar-refractivity contribution in [2.24, 2.45) is 0 Å². The quantitative estimate of drug-likeness (QED) is 0.923. The number of carbonyl (C=O) groups is 1. The van der Waals surface area contributed by atoms with Crippen LogP contribution in [0.5, 0.6) is 5.75 Å². The number of hydrogen-bond acceptors (Lipinski definition) is 2. The molecule has 1 unspecified atom stereocenters. The molecule has 114 valence electrons. The van der Waals surface area contributed by atoms with Crippen LogP contribution in [-0.2, 0) is 11.2 Å². The van der Waals surface area contributed by atoms with E-state index in [2.05, 4.69) is 5.32 Å². The van der Waals surface area contributed by atoms with Gasteiger partial charge in [-0.2, -0.15) is 0 Å². The van der Waals surface area contributed by atoms with Crippen molar-refractivity contribution >= 4 is 11.6 Å². The number of amides is 1. The maximum absolute atomic E-state index is 12.3. The molecule has 1 amide bonds. The van der Waals surface area contributed by atoms with E-state index in [-0.39, 0.29) is 17.9 Å². The minimum Gasteiger partial charge on any atom is -0.491 e. The molecule has 1 aliphatic rings. The molecule has 1 atom stereocenters. The van der Waals surface area contributed by atoms with Gasteiger partial charge in [0.05, 0.1) is 12.0 Å². The van der Waals surface area contributed by atoms with E-state index in [1.165, 1.54) is 0 Å². The summed E-state index contributed by atoms with van der Waals surface area (Å²) in [6.07, 6.45) is 0.880. The number of rotatable bonds is 4. The Labute approximate surface area is 131 Å². The Morgan fingerprint density at radius 3 is 2.55 bits per heavy atom. The first-order valence-electron chi connectivity index (χ1n) is 7.70. The smallest absolute Gasteiger partial charge is 0.232 e. The SMILES string of the molecule is Cc1cccc2c1NC(=O)C2Cc1ccc(OC(C)C)cc1. The Balaban J connectivity index is 1.79. The van der Waals surface area contributed by atoms with E-state index < -0.39 is 0 Å². The normalized spacial score (nSPS) is 16.5. The molecule has 0 aromatic heterocycles. The van der Waals surface area contributed by atoms with Crippen molar-refractivity contribution < 1.29 is 9.53 Å². The molecule has 2 aromatic rings. The summed E-state index contributed by atoms with van der Waals surface area (Å²) in [6.45, 7) is 6.05. The lowest BCUT2D eigenvalue weighted by molar-refractivity contribution is -0.117. The zero-order valence-corrected chi connectivity index (χ0v) is 13.2. The number of nitrogens with one attached hydrogen (secondary N) is 1. The minimum atomic E-state index is -0.105. The summed E-state index contributed by atoms with van der Waals surface area (Å²) in [6, 6.07) is 14.1. The molecule has 0 bridgehead atoms. The van der Waals surface area contributed by atoms with Gasteiger partial charge in [-0.1, -0.05) is 30.3 Å². The highest BCUT2D eigenvalue weighted by atomic mass is 16.5. The molecule has 0 aliphatic carbocycles. The van der Waals surface area contributed by atoms with Gasteiger partial charge in [-0.15, -0.1) is 0 Å². The third-order valence-corrected chi connectivity index (χ3v) is 3.98. The molecule has 3 rings (SSSR count). The van der Waals surface area contributed by atoms with Crippen LogP contribution in [0, 0.1) is 6.92 Å². The summed E-state index contributed by atoms with van der Waals surface area (Å²) in [4.78, 5) is 12.3. The molecular formula is C19H21NO2. The summed E-state index contributed by atoms with van der Waals surface area (Å²) in [5.41, 5.74) is 4.35. The van der Waals surface area contributed by atoms with Gasteiger partial charge in [0.15, 0.2) is 0 Å². The lowest BCUT2D eigenvalue weighted by Gasteiger charge is -2.12. The Kier molecular flexibility index (Phi) is 3.88. The van der Waals surface area contributed by atoms with Crippen molar-refractivity contribution in [1.29, 1.82) is 0 Å². The first-order valence-corrected chi connectivity index (χ1v) is 7.70. The van der Waals surface area contributed by atoms with Crippen molar-refractivity contribution in [3.63, 3.8) is 0 Å². The Bertz CT molecular complexity index is 689. The van der Waals surface area contributed by atoms with Gasteiger partial charge in [0.2, 0.25) is 5.91 Å². The van der Waals surface area contributed by atoms with Crippen LogP contribution in [0.3, 0.4) is 0 Å². The fourth-order valence-corrected chi connectivity index (χ4v) is 2.92. The Hall–Kier alpha value is -2.29. The topological polar surface area (TPSA) is 38.3 Å². The van der Waals surface area contributed by atoms with Crippen molar-refractivity contribution in [2.45, 2.75) is 39.2 Å². The van der Waals surface area contributed by atoms with Gasteiger partial charge in [-0.3, -0.25) is 4.79 Å². The van der Waals surface area contributed by atoms with Crippen LogP contribution >= 0.6 is 0 Å². The Morgan fingerprint density at radius 2 is 1.86 bits per heavy atom. The van der Waals surface area contributed by atoms with E-state index in [4.69, 9.17) is 4.74 Å². The van der Waals surface area contributed by atoms with Crippen molar-refractivity contribution in [1.82, 2.24) is 0 Å². The second-order valence-corrected chi connectivity index (χ2v) is 6.10. The molecule has 1 heterocycles. The number of ether oxygens (including phenoxy) is 1. The van der Waals surface area contributed by atoms with E-state index in [9.17, 15) is 4.79 Å². The monoisotopic (exact) mass is 295 g/mol. The average Bonchev–Trinajstić information content (AvgIpc) is 2.79. The van der Waals surface area contributed by atoms with E-state index in [0.29, 0.717) is 6.42 Å². The van der Waals surface area contributed by atoms with Crippen LogP contribution in [0.25, 0.3) is 0 Å². The second-order valence-electron chi connectivity index (χ2n) is 6.10. The molecule has 0 spiro atoms. The highest BCUT2D eigenvalue weighted by Crippen LogP contribution is 2.36. The molecule has 0 radical (unpaired) electrons. The number of hydrogen-bond donors (Lipinski definition) is 1. The number of fused-ring (bicyclic) bond motifs is 1. The maximum atomic E-state index is 12.3. The zero-order valence-electron chi connectivity index (χ0n) is 13.2. The van der Waals surface area contributed by atoms with Crippen LogP contribution in [0.4, 0.5) is 5.69 Å². The van der Waals surface area contributed by atoms with Crippen molar-refractivity contribution in [3.8, 4) is 5.75 Å². The summed E-state index contributed by atoms with van der Waals surface area (Å²) in [5, 5.41) is 3.01. The fraction of sp³-hybridized carbons (Fsp3) is 0.316. The van der Waals surface area contributed by atoms with Crippen molar-refractivity contribution in [2.75, 3.05) is 5.32 Å². The fourth-order valence-electron chi connectivity index (χ4n) is 2.92. The number of aryl methyl sites for hydroxylation is 1. The van der Waals surface area contributed by atoms with Gasteiger partial charge < -0.3 is 10.1 Å². The molecule has 0 fully saturated rings. The van der Waals surface area contributed by atoms with Gasteiger partial charge in [0.1, 0.15) is 5.75 Å². The molecule has 3 nitrogen and oxygen atoms in total. The van der Waals surface area contributed by atoms with Gasteiger partial charge in [-0.05, 0) is 56.0 Å². The van der Waals surface area contributed by atoms with Crippen molar-refractivity contribution in [3.05, 3.63) is 59.2 Å². The summed E-state index contributed by atoms with van der Waals surface area (Å²) in [7, 11) is 0. The van der Waals surface area contributed by atoms with E-state index in [1.54, 1.807) is 0 Å². The average molecular weight is 295 g/mol. The Morgan fingerprint density at radius 1 is 1.14 bits per heavy atom. The van der Waals surface area contributed by atoms with Gasteiger partial charge in [0, 0.05) is 5.69 Å². The molecule has 2 aromatic carbocycles. The first-order chi connectivity index (χ1) is 10.5. The predicted molar refractivity (Wildman–Crippen MR) is 88.5 cm³/mol. The van der Waals surface area contributed by atoms with E-state index >= 15 is 0 Å². The largest absolute Gasteiger partial charge is 0.491 e. The van der Waals surface area contributed by atoms with Gasteiger partial charge >= 0.3 is 0 Å². The molecular weight excluding hydrogens is 274 g/mol.